The van der Waals surface area contributed by atoms with Crippen LogP contribution in [0.5, 0.6) is 0 Å². The molecule has 0 amide bonds. The highest BCUT2D eigenvalue weighted by molar-refractivity contribution is 5.84. The number of hydrogen-bond donors (Lipinski definition) is 2. The van der Waals surface area contributed by atoms with Gasteiger partial charge < -0.3 is 15.3 Å². The number of piperidine rings is 1. The molecule has 5 heteroatoms. The van der Waals surface area contributed by atoms with Gasteiger partial charge in [0.2, 0.25) is 0 Å². The summed E-state index contributed by atoms with van der Waals surface area (Å²) in [6.45, 7) is 1.84. The van der Waals surface area contributed by atoms with Crippen molar-refractivity contribution in [1.82, 2.24) is 5.32 Å². The Kier molecular flexibility index (Phi) is 7.27. The van der Waals surface area contributed by atoms with Gasteiger partial charge in [-0.05, 0) is 0 Å². The molecule has 1 aliphatic heterocycles. The number of nitrogens with zero attached hydrogens (tertiary/aromatic N) is 1. The predicted octanol–water partition coefficient (Wildman–Crippen LogP) is 0.0730. The van der Waals surface area contributed by atoms with Gasteiger partial charge in [0.25, 0.3) is 6.47 Å². The molecule has 0 aliphatic carbocycles. The van der Waals surface area contributed by atoms with Crippen molar-refractivity contribution < 1.29 is 14.7 Å². The topological polar surface area (TPSA) is 70.9 Å². The quantitative estimate of drug-likeness (QED) is 0.436. The van der Waals surface area contributed by atoms with Crippen LogP contribution in [0, 0.1) is 0 Å². The molecule has 0 unspecified atom stereocenters. The zero-order chi connectivity index (χ0) is 9.23. The molecular formula is C7H14N2O3. The molecule has 1 heterocycles. The predicted molar refractivity (Wildman–Crippen MR) is 45.2 cm³/mol. The third-order valence-electron chi connectivity index (χ3n) is 1.40. The lowest BCUT2D eigenvalue weighted by Crippen LogP contribution is -2.27. The van der Waals surface area contributed by atoms with Gasteiger partial charge in [-0.25, -0.2) is 0 Å². The van der Waals surface area contributed by atoms with E-state index < -0.39 is 0 Å². The van der Waals surface area contributed by atoms with Crippen LogP contribution >= 0.6 is 0 Å². The summed E-state index contributed by atoms with van der Waals surface area (Å²) in [5.41, 5.74) is 1.18. The van der Waals surface area contributed by atoms with Crippen LogP contribution in [0.4, 0.5) is 0 Å². The van der Waals surface area contributed by atoms with Crippen molar-refractivity contribution in [2.75, 3.05) is 20.2 Å². The van der Waals surface area contributed by atoms with Crippen molar-refractivity contribution in [3.05, 3.63) is 0 Å². The third-order valence-corrected chi connectivity index (χ3v) is 1.40. The van der Waals surface area contributed by atoms with E-state index in [0.29, 0.717) is 0 Å². The van der Waals surface area contributed by atoms with Crippen LogP contribution in [-0.2, 0) is 9.63 Å². The summed E-state index contributed by atoms with van der Waals surface area (Å²) in [6.07, 6.45) is 2.07. The van der Waals surface area contributed by atoms with E-state index in [0.717, 1.165) is 25.9 Å². The molecule has 0 spiro atoms. The molecule has 0 aromatic carbocycles. The number of oxime groups is 1. The Hall–Kier alpha value is -1.10. The zero-order valence-corrected chi connectivity index (χ0v) is 7.12. The molecule has 0 atom stereocenters. The summed E-state index contributed by atoms with van der Waals surface area (Å²) in [4.78, 5) is 13.0. The lowest BCUT2D eigenvalue weighted by atomic mass is 10.1. The summed E-state index contributed by atoms with van der Waals surface area (Å²) in [5, 5.41) is 14.0. The van der Waals surface area contributed by atoms with Crippen LogP contribution in [0.3, 0.4) is 0 Å². The molecule has 1 saturated heterocycles. The molecule has 1 rings (SSSR count). The van der Waals surface area contributed by atoms with E-state index in [1.165, 1.54) is 5.71 Å². The third kappa shape index (κ3) is 5.67. The second-order valence-electron chi connectivity index (χ2n) is 2.20. The van der Waals surface area contributed by atoms with Crippen molar-refractivity contribution >= 4 is 12.2 Å². The number of nitrogens with one attached hydrogen (secondary N) is 1. The van der Waals surface area contributed by atoms with Gasteiger partial charge in [0.05, 0.1) is 5.71 Å². The standard InChI is InChI=1S/C6H12N2O.CH2O2/c1-9-8-6-2-4-7-5-3-6;2-1-3/h7H,2-5H2,1H3;1H,(H,2,3). The molecule has 1 aliphatic rings. The van der Waals surface area contributed by atoms with Crippen molar-refractivity contribution in [2.45, 2.75) is 12.8 Å². The van der Waals surface area contributed by atoms with E-state index in [-0.39, 0.29) is 6.47 Å². The Morgan fingerprint density at radius 1 is 1.58 bits per heavy atom. The minimum Gasteiger partial charge on any atom is -0.483 e. The molecule has 0 aromatic rings. The van der Waals surface area contributed by atoms with Crippen molar-refractivity contribution in [1.29, 1.82) is 0 Å². The van der Waals surface area contributed by atoms with Crippen molar-refractivity contribution in [3.8, 4) is 0 Å². The second-order valence-corrected chi connectivity index (χ2v) is 2.20. The average Bonchev–Trinajstić information content (AvgIpc) is 2.08. The molecule has 0 aromatic heterocycles. The molecule has 2 N–H and O–H groups in total. The highest BCUT2D eigenvalue weighted by Crippen LogP contribution is 1.97. The van der Waals surface area contributed by atoms with Gasteiger partial charge in [-0.15, -0.1) is 0 Å². The van der Waals surface area contributed by atoms with Crippen LogP contribution in [0.2, 0.25) is 0 Å². The smallest absolute Gasteiger partial charge is 0.290 e. The SMILES string of the molecule is CON=C1CCNCC1.O=CO. The lowest BCUT2D eigenvalue weighted by Gasteiger charge is -2.12. The molecule has 1 fully saturated rings. The Morgan fingerprint density at radius 2 is 2.08 bits per heavy atom. The number of rotatable bonds is 1. The molecule has 5 nitrogen and oxygen atoms in total. The summed E-state index contributed by atoms with van der Waals surface area (Å²) < 4.78 is 0. The highest BCUT2D eigenvalue weighted by Gasteiger charge is 2.04. The Bertz CT molecular complexity index is 140. The van der Waals surface area contributed by atoms with Crippen molar-refractivity contribution in [3.63, 3.8) is 0 Å². The van der Waals surface area contributed by atoms with Crippen LogP contribution in [-0.4, -0.2) is 37.5 Å². The molecule has 0 radical (unpaired) electrons. The first-order valence-electron chi connectivity index (χ1n) is 3.72. The fourth-order valence-electron chi connectivity index (χ4n) is 0.936. The van der Waals surface area contributed by atoms with E-state index in [4.69, 9.17) is 9.90 Å². The van der Waals surface area contributed by atoms with Gasteiger partial charge in [-0.3, -0.25) is 4.79 Å². The first kappa shape index (κ1) is 10.9. The maximum atomic E-state index is 8.36. The van der Waals surface area contributed by atoms with Crippen LogP contribution in [0.15, 0.2) is 5.16 Å². The maximum absolute atomic E-state index is 8.36. The van der Waals surface area contributed by atoms with Gasteiger partial charge in [0.15, 0.2) is 0 Å². The lowest BCUT2D eigenvalue weighted by molar-refractivity contribution is -0.122. The van der Waals surface area contributed by atoms with Crippen molar-refractivity contribution in [2.24, 2.45) is 5.16 Å². The largest absolute Gasteiger partial charge is 0.483 e. The minimum absolute atomic E-state index is 0.250. The van der Waals surface area contributed by atoms with E-state index in [2.05, 4.69) is 15.3 Å². The van der Waals surface area contributed by atoms with Crippen LogP contribution < -0.4 is 5.32 Å². The average molecular weight is 174 g/mol. The Balaban J connectivity index is 0.000000354. The first-order chi connectivity index (χ1) is 5.85. The van der Waals surface area contributed by atoms with Gasteiger partial charge in [0.1, 0.15) is 7.11 Å². The van der Waals surface area contributed by atoms with Gasteiger partial charge in [-0.1, -0.05) is 5.16 Å². The maximum Gasteiger partial charge on any atom is 0.290 e. The zero-order valence-electron chi connectivity index (χ0n) is 7.12. The molecule has 0 bridgehead atoms. The van der Waals surface area contributed by atoms with Crippen LogP contribution in [0.1, 0.15) is 12.8 Å². The Morgan fingerprint density at radius 3 is 2.50 bits per heavy atom. The van der Waals surface area contributed by atoms with E-state index in [9.17, 15) is 0 Å². The van der Waals surface area contributed by atoms with E-state index in [1.807, 2.05) is 0 Å². The normalized spacial score (nSPS) is 15.6. The molecule has 12 heavy (non-hydrogen) atoms. The summed E-state index contributed by atoms with van der Waals surface area (Å²) in [5.74, 6) is 0. The van der Waals surface area contributed by atoms with E-state index in [1.54, 1.807) is 7.11 Å². The molecular weight excluding hydrogens is 160 g/mol. The first-order valence-corrected chi connectivity index (χ1v) is 3.72. The van der Waals surface area contributed by atoms with Crippen LogP contribution in [0.25, 0.3) is 0 Å². The number of carbonyl (C=O) groups is 1. The number of hydrogen-bond acceptors (Lipinski definition) is 4. The molecule has 70 valence electrons. The fraction of sp³-hybridized carbons (Fsp3) is 0.714. The highest BCUT2D eigenvalue weighted by atomic mass is 16.6. The summed E-state index contributed by atoms with van der Waals surface area (Å²) in [7, 11) is 1.59. The number of carboxylic acid groups (broad SMARTS) is 1. The van der Waals surface area contributed by atoms with E-state index >= 15 is 0 Å². The monoisotopic (exact) mass is 174 g/mol. The fourth-order valence-corrected chi connectivity index (χ4v) is 0.936. The van der Waals surface area contributed by atoms with Gasteiger partial charge in [0, 0.05) is 25.9 Å². The summed E-state index contributed by atoms with van der Waals surface area (Å²) in [6, 6.07) is 0. The Labute approximate surface area is 71.4 Å². The van der Waals surface area contributed by atoms with Gasteiger partial charge >= 0.3 is 0 Å². The second kappa shape index (κ2) is 8.00. The summed E-state index contributed by atoms with van der Waals surface area (Å²) >= 11 is 0. The molecule has 0 saturated carbocycles. The van der Waals surface area contributed by atoms with Gasteiger partial charge in [-0.2, -0.15) is 0 Å². The minimum atomic E-state index is -0.250.